The number of rotatable bonds is 5. The normalized spacial score (nSPS) is 10.5. The third kappa shape index (κ3) is 2.84. The first-order valence-corrected chi connectivity index (χ1v) is 6.52. The second kappa shape index (κ2) is 5.87. The van der Waals surface area contributed by atoms with Crippen LogP contribution in [-0.4, -0.2) is 29.9 Å². The predicted octanol–water partition coefficient (Wildman–Crippen LogP) is 1.67. The SMILES string of the molecule is COc1ccc(-c2c(C)nn(CC(N)=O)c2C)c(OC)c1. The van der Waals surface area contributed by atoms with Crippen molar-refractivity contribution >= 4 is 5.91 Å². The zero-order valence-electron chi connectivity index (χ0n) is 12.6. The van der Waals surface area contributed by atoms with Crippen LogP contribution < -0.4 is 15.2 Å². The molecule has 6 nitrogen and oxygen atoms in total. The van der Waals surface area contributed by atoms with Gasteiger partial charge in [0.2, 0.25) is 5.91 Å². The van der Waals surface area contributed by atoms with Crippen molar-refractivity contribution in [1.82, 2.24) is 9.78 Å². The minimum absolute atomic E-state index is 0.0607. The van der Waals surface area contributed by atoms with E-state index in [-0.39, 0.29) is 6.54 Å². The summed E-state index contributed by atoms with van der Waals surface area (Å²) in [6.07, 6.45) is 0. The molecule has 0 fully saturated rings. The highest BCUT2D eigenvalue weighted by Gasteiger charge is 2.18. The highest BCUT2D eigenvalue weighted by molar-refractivity contribution is 5.77. The van der Waals surface area contributed by atoms with Crippen molar-refractivity contribution in [1.29, 1.82) is 0 Å². The fourth-order valence-corrected chi connectivity index (χ4v) is 2.39. The molecule has 0 aliphatic carbocycles. The molecule has 0 aliphatic heterocycles. The molecule has 2 rings (SSSR count). The van der Waals surface area contributed by atoms with Gasteiger partial charge in [0.1, 0.15) is 18.0 Å². The topological polar surface area (TPSA) is 79.4 Å². The molecule has 1 aromatic heterocycles. The number of aromatic nitrogens is 2. The van der Waals surface area contributed by atoms with Gasteiger partial charge in [0.05, 0.1) is 19.9 Å². The van der Waals surface area contributed by atoms with E-state index in [1.165, 1.54) is 0 Å². The summed E-state index contributed by atoms with van der Waals surface area (Å²) in [4.78, 5) is 11.1. The lowest BCUT2D eigenvalue weighted by molar-refractivity contribution is -0.118. The number of primary amides is 1. The molecule has 1 aromatic carbocycles. The van der Waals surface area contributed by atoms with Gasteiger partial charge in [-0.15, -0.1) is 0 Å². The molecule has 6 heteroatoms. The Morgan fingerprint density at radius 3 is 2.57 bits per heavy atom. The monoisotopic (exact) mass is 289 g/mol. The number of hydrogen-bond acceptors (Lipinski definition) is 4. The van der Waals surface area contributed by atoms with Gasteiger partial charge in [0, 0.05) is 22.9 Å². The number of nitrogens with zero attached hydrogens (tertiary/aromatic N) is 2. The number of ether oxygens (including phenoxy) is 2. The van der Waals surface area contributed by atoms with Crippen molar-refractivity contribution in [2.24, 2.45) is 5.73 Å². The van der Waals surface area contributed by atoms with Crippen LogP contribution in [0.3, 0.4) is 0 Å². The van der Waals surface area contributed by atoms with Crippen molar-refractivity contribution in [3.05, 3.63) is 29.6 Å². The molecular formula is C15H19N3O3. The van der Waals surface area contributed by atoms with E-state index < -0.39 is 5.91 Å². The summed E-state index contributed by atoms with van der Waals surface area (Å²) in [5.74, 6) is 0.989. The van der Waals surface area contributed by atoms with E-state index in [0.29, 0.717) is 5.75 Å². The summed E-state index contributed by atoms with van der Waals surface area (Å²) in [6, 6.07) is 5.60. The number of hydrogen-bond donors (Lipinski definition) is 1. The Morgan fingerprint density at radius 1 is 1.29 bits per heavy atom. The molecule has 0 atom stereocenters. The second-order valence-electron chi connectivity index (χ2n) is 4.74. The molecule has 21 heavy (non-hydrogen) atoms. The quantitative estimate of drug-likeness (QED) is 0.908. The highest BCUT2D eigenvalue weighted by atomic mass is 16.5. The molecule has 112 valence electrons. The van der Waals surface area contributed by atoms with E-state index in [9.17, 15) is 4.79 Å². The molecule has 0 saturated heterocycles. The van der Waals surface area contributed by atoms with Crippen molar-refractivity contribution in [2.75, 3.05) is 14.2 Å². The van der Waals surface area contributed by atoms with Crippen molar-refractivity contribution in [3.63, 3.8) is 0 Å². The number of methoxy groups -OCH3 is 2. The van der Waals surface area contributed by atoms with Gasteiger partial charge in [0.25, 0.3) is 0 Å². The van der Waals surface area contributed by atoms with Gasteiger partial charge in [-0.3, -0.25) is 9.48 Å². The molecule has 0 spiro atoms. The van der Waals surface area contributed by atoms with Crippen LogP contribution in [0, 0.1) is 13.8 Å². The van der Waals surface area contributed by atoms with Crippen LogP contribution in [0.4, 0.5) is 0 Å². The number of aryl methyl sites for hydroxylation is 1. The van der Waals surface area contributed by atoms with E-state index in [0.717, 1.165) is 28.3 Å². The van der Waals surface area contributed by atoms with Crippen LogP contribution in [0.1, 0.15) is 11.4 Å². The number of amides is 1. The van der Waals surface area contributed by atoms with Crippen molar-refractivity contribution in [3.8, 4) is 22.6 Å². The Balaban J connectivity index is 2.56. The molecule has 1 amide bonds. The lowest BCUT2D eigenvalue weighted by Crippen LogP contribution is -2.20. The zero-order valence-corrected chi connectivity index (χ0v) is 12.6. The first-order valence-electron chi connectivity index (χ1n) is 6.52. The Labute approximate surface area is 123 Å². The van der Waals surface area contributed by atoms with Crippen LogP contribution in [0.2, 0.25) is 0 Å². The maximum atomic E-state index is 11.1. The first-order chi connectivity index (χ1) is 9.97. The van der Waals surface area contributed by atoms with Gasteiger partial charge < -0.3 is 15.2 Å². The smallest absolute Gasteiger partial charge is 0.239 e. The molecule has 0 aliphatic rings. The zero-order chi connectivity index (χ0) is 15.6. The maximum absolute atomic E-state index is 11.1. The fourth-order valence-electron chi connectivity index (χ4n) is 2.39. The van der Waals surface area contributed by atoms with Crippen molar-refractivity contribution in [2.45, 2.75) is 20.4 Å². The molecular weight excluding hydrogens is 270 g/mol. The third-order valence-electron chi connectivity index (χ3n) is 3.37. The second-order valence-corrected chi connectivity index (χ2v) is 4.74. The minimum Gasteiger partial charge on any atom is -0.497 e. The molecule has 0 bridgehead atoms. The maximum Gasteiger partial charge on any atom is 0.239 e. The van der Waals surface area contributed by atoms with Crippen LogP contribution in [-0.2, 0) is 11.3 Å². The number of nitrogens with two attached hydrogens (primary N) is 1. The van der Waals surface area contributed by atoms with Crippen LogP contribution in [0.5, 0.6) is 11.5 Å². The van der Waals surface area contributed by atoms with E-state index >= 15 is 0 Å². The molecule has 1 heterocycles. The molecule has 2 aromatic rings. The Bertz CT molecular complexity index is 677. The molecule has 0 radical (unpaired) electrons. The lowest BCUT2D eigenvalue weighted by Gasteiger charge is -2.11. The summed E-state index contributed by atoms with van der Waals surface area (Å²) < 4.78 is 12.2. The number of carbonyl (C=O) groups excluding carboxylic acids is 1. The summed E-state index contributed by atoms with van der Waals surface area (Å²) in [6.45, 7) is 3.86. The summed E-state index contributed by atoms with van der Waals surface area (Å²) in [5, 5.41) is 4.37. The van der Waals surface area contributed by atoms with Gasteiger partial charge in [-0.2, -0.15) is 5.10 Å². The highest BCUT2D eigenvalue weighted by Crippen LogP contribution is 2.36. The number of benzene rings is 1. The summed E-state index contributed by atoms with van der Waals surface area (Å²) in [5.41, 5.74) is 8.78. The average molecular weight is 289 g/mol. The van der Waals surface area contributed by atoms with E-state index in [4.69, 9.17) is 15.2 Å². The predicted molar refractivity (Wildman–Crippen MR) is 79.4 cm³/mol. The van der Waals surface area contributed by atoms with Gasteiger partial charge in [-0.05, 0) is 26.0 Å². The Morgan fingerprint density at radius 2 is 2.00 bits per heavy atom. The summed E-state index contributed by atoms with van der Waals surface area (Å²) >= 11 is 0. The standard InChI is InChI=1S/C15H19N3O3/c1-9-15(10(2)18(17-9)8-14(16)19)12-6-5-11(20-3)7-13(12)21-4/h5-7H,8H2,1-4H3,(H2,16,19). The Hall–Kier alpha value is -2.50. The van der Waals surface area contributed by atoms with Crippen molar-refractivity contribution < 1.29 is 14.3 Å². The van der Waals surface area contributed by atoms with E-state index in [1.807, 2.05) is 32.0 Å². The van der Waals surface area contributed by atoms with Gasteiger partial charge in [0.15, 0.2) is 0 Å². The molecule has 0 unspecified atom stereocenters. The molecule has 2 N–H and O–H groups in total. The third-order valence-corrected chi connectivity index (χ3v) is 3.37. The van der Waals surface area contributed by atoms with Gasteiger partial charge in [-0.1, -0.05) is 0 Å². The number of carbonyl (C=O) groups is 1. The molecule has 0 saturated carbocycles. The largest absolute Gasteiger partial charge is 0.497 e. The minimum atomic E-state index is -0.422. The van der Waals surface area contributed by atoms with Crippen LogP contribution in [0.25, 0.3) is 11.1 Å². The van der Waals surface area contributed by atoms with E-state index in [2.05, 4.69) is 5.10 Å². The average Bonchev–Trinajstić information content (AvgIpc) is 2.72. The van der Waals surface area contributed by atoms with Crippen LogP contribution in [0.15, 0.2) is 18.2 Å². The lowest BCUT2D eigenvalue weighted by atomic mass is 10.0. The fraction of sp³-hybridized carbons (Fsp3) is 0.333. The first kappa shape index (κ1) is 14.9. The summed E-state index contributed by atoms with van der Waals surface area (Å²) in [7, 11) is 3.21. The van der Waals surface area contributed by atoms with Gasteiger partial charge >= 0.3 is 0 Å². The van der Waals surface area contributed by atoms with Gasteiger partial charge in [-0.25, -0.2) is 0 Å². The Kier molecular flexibility index (Phi) is 4.16. The van der Waals surface area contributed by atoms with Crippen LogP contribution >= 0.6 is 0 Å². The van der Waals surface area contributed by atoms with E-state index in [1.54, 1.807) is 18.9 Å².